The van der Waals surface area contributed by atoms with Gasteiger partial charge in [0.15, 0.2) is 11.4 Å². The van der Waals surface area contributed by atoms with Crippen LogP contribution in [0.5, 0.6) is 11.5 Å². The van der Waals surface area contributed by atoms with Crippen molar-refractivity contribution >= 4 is 45.3 Å². The molecular weight excluding hydrogens is 580 g/mol. The number of carboxylic acids is 1. The maximum atomic E-state index is 12.8. The summed E-state index contributed by atoms with van der Waals surface area (Å²) >= 11 is 6.09. The van der Waals surface area contributed by atoms with Crippen LogP contribution in [0.1, 0.15) is 36.8 Å². The molecule has 15 heteroatoms. The molecule has 2 aromatic carbocycles. The van der Waals surface area contributed by atoms with Crippen LogP contribution in [-0.4, -0.2) is 69.5 Å². The molecule has 13 nitrogen and oxygen atoms in total. The number of methoxy groups -OCH3 is 2. The molecule has 216 valence electrons. The van der Waals surface area contributed by atoms with Crippen molar-refractivity contribution in [3.8, 4) is 11.5 Å². The highest BCUT2D eigenvalue weighted by molar-refractivity contribution is 7.90. The van der Waals surface area contributed by atoms with Crippen molar-refractivity contribution in [2.75, 3.05) is 27.3 Å². The molecule has 1 aromatic heterocycles. The summed E-state index contributed by atoms with van der Waals surface area (Å²) in [5, 5.41) is 13.8. The molecule has 0 saturated heterocycles. The Morgan fingerprint density at radius 3 is 2.27 bits per heavy atom. The van der Waals surface area contributed by atoms with E-state index in [2.05, 4.69) is 15.6 Å². The van der Waals surface area contributed by atoms with Crippen LogP contribution in [0.15, 0.2) is 59.6 Å². The Morgan fingerprint density at radius 1 is 0.927 bits per heavy atom. The van der Waals surface area contributed by atoms with Crippen LogP contribution in [0.2, 0.25) is 5.02 Å². The second-order valence-electron chi connectivity index (χ2n) is 8.28. The van der Waals surface area contributed by atoms with Gasteiger partial charge in [-0.15, -0.1) is 0 Å². The third-order valence-corrected chi connectivity index (χ3v) is 7.20. The monoisotopic (exact) mass is 604 g/mol. The van der Waals surface area contributed by atoms with E-state index in [0.29, 0.717) is 12.2 Å². The standard InChI is InChI=1S/C26H25ClN4O9S/c1-39-17-5-8-20(27)19(12-17)25(35)28-10-9-15-3-6-18(7-4-15)41(37,38)31-24(34)16-11-21(40-2)23(29-13-16)26(36)30-14-22(32)33/h3-8,11-13H,9-10,14H2,1-2H3,(H,28,35)(H,30,36)(H,31,34)(H,32,33). The fraction of sp³-hybridized carbons (Fsp3) is 0.192. The van der Waals surface area contributed by atoms with Crippen molar-refractivity contribution in [1.82, 2.24) is 20.3 Å². The molecule has 3 aromatic rings. The lowest BCUT2D eigenvalue weighted by Crippen LogP contribution is -2.32. The summed E-state index contributed by atoms with van der Waals surface area (Å²) in [6.07, 6.45) is 1.34. The van der Waals surface area contributed by atoms with Gasteiger partial charge in [-0.1, -0.05) is 23.7 Å². The number of hydrogen-bond donors (Lipinski definition) is 4. The number of aliphatic carboxylic acids is 1. The summed E-state index contributed by atoms with van der Waals surface area (Å²) in [6, 6.07) is 11.5. The number of halogens is 1. The average Bonchev–Trinajstić information content (AvgIpc) is 2.95. The number of pyridine rings is 1. The lowest BCUT2D eigenvalue weighted by atomic mass is 10.1. The third-order valence-electron chi connectivity index (χ3n) is 5.53. The average molecular weight is 605 g/mol. The molecule has 0 radical (unpaired) electrons. The Morgan fingerprint density at radius 2 is 1.63 bits per heavy atom. The molecule has 1 heterocycles. The number of amides is 3. The van der Waals surface area contributed by atoms with E-state index in [4.69, 9.17) is 26.2 Å². The number of carbonyl (C=O) groups excluding carboxylic acids is 3. The SMILES string of the molecule is COc1ccc(Cl)c(C(=O)NCCc2ccc(S(=O)(=O)NC(=O)c3cnc(C(=O)NCC(=O)O)c(OC)c3)cc2)c1. The number of aromatic nitrogens is 1. The minimum atomic E-state index is -4.28. The first-order chi connectivity index (χ1) is 19.4. The Labute approximate surface area is 239 Å². The number of rotatable bonds is 12. The first-order valence-corrected chi connectivity index (χ1v) is 13.6. The molecule has 0 aliphatic heterocycles. The molecule has 0 saturated carbocycles. The number of nitrogens with zero attached hydrogens (tertiary/aromatic N) is 1. The fourth-order valence-corrected chi connectivity index (χ4v) is 4.61. The van der Waals surface area contributed by atoms with Gasteiger partial charge in [-0.3, -0.25) is 19.2 Å². The van der Waals surface area contributed by atoms with Gasteiger partial charge < -0.3 is 25.2 Å². The highest BCUT2D eigenvalue weighted by Gasteiger charge is 2.22. The molecular formula is C26H25ClN4O9S. The fourth-order valence-electron chi connectivity index (χ4n) is 3.43. The predicted molar refractivity (Wildman–Crippen MR) is 146 cm³/mol. The van der Waals surface area contributed by atoms with Crippen LogP contribution < -0.4 is 24.8 Å². The number of sulfonamides is 1. The van der Waals surface area contributed by atoms with Gasteiger partial charge >= 0.3 is 5.97 Å². The normalized spacial score (nSPS) is 10.8. The van der Waals surface area contributed by atoms with Crippen LogP contribution in [0.4, 0.5) is 0 Å². The number of carboxylic acid groups (broad SMARTS) is 1. The van der Waals surface area contributed by atoms with Gasteiger partial charge in [0.1, 0.15) is 12.3 Å². The molecule has 0 aliphatic carbocycles. The highest BCUT2D eigenvalue weighted by Crippen LogP contribution is 2.22. The molecule has 41 heavy (non-hydrogen) atoms. The molecule has 0 bridgehead atoms. The Balaban J connectivity index is 1.61. The lowest BCUT2D eigenvalue weighted by Gasteiger charge is -2.11. The van der Waals surface area contributed by atoms with E-state index in [9.17, 15) is 27.6 Å². The first-order valence-electron chi connectivity index (χ1n) is 11.8. The maximum absolute atomic E-state index is 12.8. The lowest BCUT2D eigenvalue weighted by molar-refractivity contribution is -0.135. The zero-order valence-corrected chi connectivity index (χ0v) is 23.3. The number of hydrogen-bond acceptors (Lipinski definition) is 9. The highest BCUT2D eigenvalue weighted by atomic mass is 35.5. The third kappa shape index (κ3) is 8.16. The van der Waals surface area contributed by atoms with Crippen molar-refractivity contribution < 1.29 is 42.2 Å². The number of ether oxygens (including phenoxy) is 2. The van der Waals surface area contributed by atoms with E-state index < -0.39 is 40.3 Å². The van der Waals surface area contributed by atoms with Crippen molar-refractivity contribution in [1.29, 1.82) is 0 Å². The van der Waals surface area contributed by atoms with E-state index in [1.54, 1.807) is 24.3 Å². The Bertz CT molecular complexity index is 1580. The molecule has 0 spiro atoms. The number of benzene rings is 2. The molecule has 0 fully saturated rings. The number of carbonyl (C=O) groups is 4. The van der Waals surface area contributed by atoms with Crippen LogP contribution in [0.25, 0.3) is 0 Å². The minimum absolute atomic E-state index is 0.164. The molecule has 0 unspecified atom stereocenters. The topological polar surface area (TPSA) is 190 Å². The van der Waals surface area contributed by atoms with Crippen LogP contribution >= 0.6 is 11.6 Å². The van der Waals surface area contributed by atoms with E-state index in [1.807, 2.05) is 4.72 Å². The van der Waals surface area contributed by atoms with Gasteiger partial charge in [-0.25, -0.2) is 18.1 Å². The summed E-state index contributed by atoms with van der Waals surface area (Å²) in [7, 11) is -1.61. The Kier molecular flexibility index (Phi) is 10.2. The predicted octanol–water partition coefficient (Wildman–Crippen LogP) is 1.66. The van der Waals surface area contributed by atoms with Crippen molar-refractivity contribution in [2.45, 2.75) is 11.3 Å². The summed E-state index contributed by atoms with van der Waals surface area (Å²) in [4.78, 5) is 51.5. The zero-order chi connectivity index (χ0) is 30.2. The van der Waals surface area contributed by atoms with Crippen LogP contribution in [-0.2, 0) is 21.2 Å². The van der Waals surface area contributed by atoms with Crippen LogP contribution in [0, 0.1) is 0 Å². The number of nitrogens with one attached hydrogen (secondary N) is 3. The van der Waals surface area contributed by atoms with Gasteiger partial charge in [0.05, 0.1) is 35.3 Å². The summed E-state index contributed by atoms with van der Waals surface area (Å²) in [5.74, 6) is -3.23. The summed E-state index contributed by atoms with van der Waals surface area (Å²) < 4.78 is 37.6. The maximum Gasteiger partial charge on any atom is 0.322 e. The molecule has 4 N–H and O–H groups in total. The first kappa shape index (κ1) is 30.8. The van der Waals surface area contributed by atoms with Gasteiger partial charge in [0.25, 0.3) is 27.7 Å². The molecule has 0 atom stereocenters. The summed E-state index contributed by atoms with van der Waals surface area (Å²) in [6.45, 7) is -0.413. The molecule has 3 rings (SSSR count). The van der Waals surface area contributed by atoms with Crippen molar-refractivity contribution in [3.05, 3.63) is 82.1 Å². The zero-order valence-electron chi connectivity index (χ0n) is 21.8. The van der Waals surface area contributed by atoms with Gasteiger partial charge in [-0.2, -0.15) is 0 Å². The Hall–Kier alpha value is -4.69. The van der Waals surface area contributed by atoms with Crippen molar-refractivity contribution in [2.24, 2.45) is 0 Å². The second-order valence-corrected chi connectivity index (χ2v) is 10.4. The van der Waals surface area contributed by atoms with E-state index in [-0.39, 0.29) is 39.0 Å². The summed E-state index contributed by atoms with van der Waals surface area (Å²) in [5.41, 5.74) is 0.473. The molecule has 3 amide bonds. The van der Waals surface area contributed by atoms with E-state index in [0.717, 1.165) is 17.8 Å². The smallest absolute Gasteiger partial charge is 0.322 e. The van der Waals surface area contributed by atoms with E-state index in [1.165, 1.54) is 32.4 Å². The largest absolute Gasteiger partial charge is 0.497 e. The van der Waals surface area contributed by atoms with E-state index >= 15 is 0 Å². The van der Waals surface area contributed by atoms with Gasteiger partial charge in [-0.05, 0) is 48.4 Å². The van der Waals surface area contributed by atoms with Gasteiger partial charge in [0.2, 0.25) is 0 Å². The molecule has 0 aliphatic rings. The van der Waals surface area contributed by atoms with Crippen LogP contribution in [0.3, 0.4) is 0 Å². The second kappa shape index (κ2) is 13.6. The quantitative estimate of drug-likeness (QED) is 0.236. The minimum Gasteiger partial charge on any atom is -0.497 e. The van der Waals surface area contributed by atoms with Gasteiger partial charge in [0, 0.05) is 12.7 Å². The van der Waals surface area contributed by atoms with Crippen molar-refractivity contribution in [3.63, 3.8) is 0 Å².